The van der Waals surface area contributed by atoms with Crippen molar-refractivity contribution in [1.29, 1.82) is 0 Å². The highest BCUT2D eigenvalue weighted by molar-refractivity contribution is 6.31. The molecule has 1 aromatic heterocycles. The number of benzene rings is 2. The molecule has 138 valence electrons. The molecule has 0 saturated heterocycles. The van der Waals surface area contributed by atoms with E-state index in [2.05, 4.69) is 15.6 Å². The van der Waals surface area contributed by atoms with E-state index in [1.54, 1.807) is 24.4 Å². The average Bonchev–Trinajstić information content (AvgIpc) is 2.66. The van der Waals surface area contributed by atoms with Gasteiger partial charge in [0.05, 0.1) is 0 Å². The SMILES string of the molecule is Cc1c(Cl)cccc1NC(=O)c1ccnc(Nc2ccc(N(C)C)cc2)c1. The molecule has 1 heterocycles. The van der Waals surface area contributed by atoms with Crippen LogP contribution in [0.2, 0.25) is 5.02 Å². The van der Waals surface area contributed by atoms with Crippen LogP contribution in [-0.2, 0) is 0 Å². The van der Waals surface area contributed by atoms with Gasteiger partial charge < -0.3 is 15.5 Å². The van der Waals surface area contributed by atoms with Gasteiger partial charge in [0.2, 0.25) is 0 Å². The van der Waals surface area contributed by atoms with Crippen LogP contribution in [0.5, 0.6) is 0 Å². The van der Waals surface area contributed by atoms with E-state index < -0.39 is 0 Å². The normalized spacial score (nSPS) is 10.4. The van der Waals surface area contributed by atoms with E-state index >= 15 is 0 Å². The predicted octanol–water partition coefficient (Wildman–Crippen LogP) is 5.11. The van der Waals surface area contributed by atoms with Crippen LogP contribution in [0, 0.1) is 6.92 Å². The van der Waals surface area contributed by atoms with Crippen molar-refractivity contribution in [3.63, 3.8) is 0 Å². The maximum Gasteiger partial charge on any atom is 0.255 e. The first-order valence-corrected chi connectivity index (χ1v) is 8.89. The molecule has 1 amide bonds. The third kappa shape index (κ3) is 4.57. The van der Waals surface area contributed by atoms with Crippen LogP contribution in [0.3, 0.4) is 0 Å². The second-order valence-corrected chi connectivity index (χ2v) is 6.77. The molecular formula is C21H21ClN4O. The Morgan fingerprint density at radius 2 is 1.81 bits per heavy atom. The Bertz CT molecular complexity index is 955. The number of rotatable bonds is 5. The summed E-state index contributed by atoms with van der Waals surface area (Å²) >= 11 is 6.12. The minimum absolute atomic E-state index is 0.214. The molecule has 0 atom stereocenters. The zero-order valence-electron chi connectivity index (χ0n) is 15.5. The van der Waals surface area contributed by atoms with Crippen molar-refractivity contribution in [2.24, 2.45) is 0 Å². The van der Waals surface area contributed by atoms with Crippen molar-refractivity contribution in [3.05, 3.63) is 76.9 Å². The van der Waals surface area contributed by atoms with Crippen molar-refractivity contribution in [2.75, 3.05) is 29.6 Å². The van der Waals surface area contributed by atoms with E-state index in [0.717, 1.165) is 16.9 Å². The van der Waals surface area contributed by atoms with Crippen LogP contribution in [0.1, 0.15) is 15.9 Å². The maximum atomic E-state index is 12.6. The fraction of sp³-hybridized carbons (Fsp3) is 0.143. The quantitative estimate of drug-likeness (QED) is 0.646. The number of pyridine rings is 1. The highest BCUT2D eigenvalue weighted by Gasteiger charge is 2.10. The lowest BCUT2D eigenvalue weighted by Crippen LogP contribution is -2.13. The summed E-state index contributed by atoms with van der Waals surface area (Å²) in [5.41, 5.74) is 4.05. The first kappa shape index (κ1) is 18.7. The average molecular weight is 381 g/mol. The van der Waals surface area contributed by atoms with E-state index in [0.29, 0.717) is 22.1 Å². The van der Waals surface area contributed by atoms with Gasteiger partial charge in [-0.25, -0.2) is 4.98 Å². The minimum atomic E-state index is -0.214. The lowest BCUT2D eigenvalue weighted by molar-refractivity contribution is 0.102. The molecule has 2 aromatic carbocycles. The Kier molecular flexibility index (Phi) is 5.62. The van der Waals surface area contributed by atoms with Gasteiger partial charge in [-0.05, 0) is 61.0 Å². The lowest BCUT2D eigenvalue weighted by atomic mass is 10.2. The fourth-order valence-electron chi connectivity index (χ4n) is 2.57. The molecule has 0 spiro atoms. The van der Waals surface area contributed by atoms with Crippen LogP contribution in [0.4, 0.5) is 22.9 Å². The zero-order chi connectivity index (χ0) is 19.4. The number of aromatic nitrogens is 1. The van der Waals surface area contributed by atoms with Crippen molar-refractivity contribution in [3.8, 4) is 0 Å². The number of halogens is 1. The molecule has 0 unspecified atom stereocenters. The molecule has 0 aliphatic rings. The Hall–Kier alpha value is -3.05. The van der Waals surface area contributed by atoms with Crippen molar-refractivity contribution in [2.45, 2.75) is 6.92 Å². The summed E-state index contributed by atoms with van der Waals surface area (Å²) in [5, 5.41) is 6.73. The Morgan fingerprint density at radius 1 is 1.07 bits per heavy atom. The highest BCUT2D eigenvalue weighted by Crippen LogP contribution is 2.24. The number of hydrogen-bond acceptors (Lipinski definition) is 4. The summed E-state index contributed by atoms with van der Waals surface area (Å²) < 4.78 is 0. The van der Waals surface area contributed by atoms with Gasteiger partial charge in [0, 0.05) is 47.9 Å². The number of carbonyl (C=O) groups excluding carboxylic acids is 1. The molecule has 0 aliphatic carbocycles. The van der Waals surface area contributed by atoms with Gasteiger partial charge in [0.1, 0.15) is 5.82 Å². The molecular weight excluding hydrogens is 360 g/mol. The molecule has 0 radical (unpaired) electrons. The summed E-state index contributed by atoms with van der Waals surface area (Å²) in [4.78, 5) is 18.9. The second-order valence-electron chi connectivity index (χ2n) is 6.36. The topological polar surface area (TPSA) is 57.3 Å². The Labute approximate surface area is 164 Å². The van der Waals surface area contributed by atoms with Crippen LogP contribution in [-0.4, -0.2) is 25.0 Å². The summed E-state index contributed by atoms with van der Waals surface area (Å²) in [5.74, 6) is 0.386. The smallest absolute Gasteiger partial charge is 0.255 e. The highest BCUT2D eigenvalue weighted by atomic mass is 35.5. The number of nitrogens with one attached hydrogen (secondary N) is 2. The third-order valence-electron chi connectivity index (χ3n) is 4.19. The van der Waals surface area contributed by atoms with Crippen LogP contribution in [0.15, 0.2) is 60.8 Å². The molecule has 6 heteroatoms. The molecule has 3 rings (SSSR count). The molecule has 0 aliphatic heterocycles. The van der Waals surface area contributed by atoms with E-state index in [9.17, 15) is 4.79 Å². The van der Waals surface area contributed by atoms with Crippen LogP contribution < -0.4 is 15.5 Å². The molecule has 5 nitrogen and oxygen atoms in total. The summed E-state index contributed by atoms with van der Waals surface area (Å²) in [6.07, 6.45) is 1.61. The Morgan fingerprint density at radius 3 is 2.52 bits per heavy atom. The first-order chi connectivity index (χ1) is 12.9. The predicted molar refractivity (Wildman–Crippen MR) is 112 cm³/mol. The second kappa shape index (κ2) is 8.10. The van der Waals surface area contributed by atoms with Crippen molar-refractivity contribution >= 4 is 40.4 Å². The van der Waals surface area contributed by atoms with Gasteiger partial charge in [-0.3, -0.25) is 4.79 Å². The fourth-order valence-corrected chi connectivity index (χ4v) is 2.74. The summed E-state index contributed by atoms with van der Waals surface area (Å²) in [6, 6.07) is 16.8. The Balaban J connectivity index is 1.74. The van der Waals surface area contributed by atoms with Gasteiger partial charge in [-0.2, -0.15) is 0 Å². The minimum Gasteiger partial charge on any atom is -0.378 e. The number of anilines is 4. The van der Waals surface area contributed by atoms with Gasteiger partial charge in [0.15, 0.2) is 0 Å². The monoisotopic (exact) mass is 380 g/mol. The van der Waals surface area contributed by atoms with Gasteiger partial charge in [0.25, 0.3) is 5.91 Å². The number of nitrogens with zero attached hydrogens (tertiary/aromatic N) is 2. The van der Waals surface area contributed by atoms with Crippen molar-refractivity contribution < 1.29 is 4.79 Å². The van der Waals surface area contributed by atoms with E-state index in [4.69, 9.17) is 11.6 Å². The third-order valence-corrected chi connectivity index (χ3v) is 4.60. The summed E-state index contributed by atoms with van der Waals surface area (Å²) in [7, 11) is 3.99. The molecule has 0 saturated carbocycles. The molecule has 2 N–H and O–H groups in total. The van der Waals surface area contributed by atoms with E-state index in [1.807, 2.05) is 62.3 Å². The maximum absolute atomic E-state index is 12.6. The largest absolute Gasteiger partial charge is 0.378 e. The molecule has 3 aromatic rings. The lowest BCUT2D eigenvalue weighted by Gasteiger charge is -2.13. The van der Waals surface area contributed by atoms with E-state index in [1.165, 1.54) is 0 Å². The standard InChI is InChI=1S/C21H21ClN4O/c1-14-18(22)5-4-6-19(14)25-21(27)15-11-12-23-20(13-15)24-16-7-9-17(10-8-16)26(2)3/h4-13H,1-3H3,(H,23,24)(H,25,27). The molecule has 27 heavy (non-hydrogen) atoms. The van der Waals surface area contributed by atoms with Gasteiger partial charge >= 0.3 is 0 Å². The van der Waals surface area contributed by atoms with Crippen LogP contribution in [0.25, 0.3) is 0 Å². The zero-order valence-corrected chi connectivity index (χ0v) is 16.2. The van der Waals surface area contributed by atoms with E-state index in [-0.39, 0.29) is 5.91 Å². The molecule has 0 bridgehead atoms. The summed E-state index contributed by atoms with van der Waals surface area (Å²) in [6.45, 7) is 1.87. The first-order valence-electron chi connectivity index (χ1n) is 8.51. The number of carbonyl (C=O) groups is 1. The van der Waals surface area contributed by atoms with Gasteiger partial charge in [-0.15, -0.1) is 0 Å². The number of amides is 1. The number of hydrogen-bond donors (Lipinski definition) is 2. The van der Waals surface area contributed by atoms with Crippen LogP contribution >= 0.6 is 11.6 Å². The van der Waals surface area contributed by atoms with Gasteiger partial charge in [-0.1, -0.05) is 17.7 Å². The van der Waals surface area contributed by atoms with Crippen molar-refractivity contribution in [1.82, 2.24) is 4.98 Å². The molecule has 0 fully saturated rings.